The van der Waals surface area contributed by atoms with Gasteiger partial charge in [-0.25, -0.2) is 0 Å². The Kier molecular flexibility index (Phi) is 6.29. The van der Waals surface area contributed by atoms with E-state index in [-0.39, 0.29) is 6.61 Å². The number of aromatic nitrogens is 2. The normalized spacial score (nSPS) is 10.4. The van der Waals surface area contributed by atoms with E-state index in [1.54, 1.807) is 7.11 Å². The van der Waals surface area contributed by atoms with Gasteiger partial charge < -0.3 is 25.8 Å². The van der Waals surface area contributed by atoms with Crippen molar-refractivity contribution in [3.63, 3.8) is 0 Å². The van der Waals surface area contributed by atoms with Gasteiger partial charge in [0.15, 0.2) is 0 Å². The summed E-state index contributed by atoms with van der Waals surface area (Å²) in [6.07, 6.45) is 0. The Labute approximate surface area is 164 Å². The van der Waals surface area contributed by atoms with Crippen LogP contribution in [0.4, 0.5) is 29.0 Å². The highest BCUT2D eigenvalue weighted by Gasteiger charge is 2.08. The van der Waals surface area contributed by atoms with Crippen molar-refractivity contribution in [1.82, 2.24) is 9.97 Å². The van der Waals surface area contributed by atoms with Gasteiger partial charge in [0, 0.05) is 24.0 Å². The third kappa shape index (κ3) is 5.11. The summed E-state index contributed by atoms with van der Waals surface area (Å²) in [5.74, 6) is 2.50. The lowest BCUT2D eigenvalue weighted by atomic mass is 10.1. The number of hydrogen-bond acceptors (Lipinski definition) is 7. The second-order valence-corrected chi connectivity index (χ2v) is 6.41. The zero-order chi connectivity index (χ0) is 19.9. The van der Waals surface area contributed by atoms with Gasteiger partial charge in [-0.05, 0) is 55.3 Å². The molecule has 146 valence electrons. The zero-order valence-electron chi connectivity index (χ0n) is 16.3. The zero-order valence-corrected chi connectivity index (χ0v) is 16.3. The molecule has 2 aromatic carbocycles. The van der Waals surface area contributed by atoms with Gasteiger partial charge in [-0.2, -0.15) is 9.97 Å². The van der Waals surface area contributed by atoms with Gasteiger partial charge >= 0.3 is 0 Å². The van der Waals surface area contributed by atoms with Gasteiger partial charge in [0.05, 0.1) is 13.7 Å². The highest BCUT2D eigenvalue weighted by molar-refractivity contribution is 5.66. The Hall–Kier alpha value is -3.32. The minimum atomic E-state index is 0.0188. The fourth-order valence-electron chi connectivity index (χ4n) is 2.65. The number of benzene rings is 2. The average molecular weight is 379 g/mol. The Morgan fingerprint density at radius 3 is 2.39 bits per heavy atom. The van der Waals surface area contributed by atoms with Crippen molar-refractivity contribution in [1.29, 1.82) is 0 Å². The molecule has 28 heavy (non-hydrogen) atoms. The minimum Gasteiger partial charge on any atom is -0.497 e. The minimum absolute atomic E-state index is 0.0188. The van der Waals surface area contributed by atoms with E-state index in [2.05, 4.69) is 51.0 Å². The van der Waals surface area contributed by atoms with Crippen LogP contribution in [0, 0.1) is 13.8 Å². The van der Waals surface area contributed by atoms with Gasteiger partial charge in [-0.15, -0.1) is 0 Å². The summed E-state index contributed by atoms with van der Waals surface area (Å²) in [6, 6.07) is 15.6. The number of aryl methyl sites for hydroxylation is 2. The van der Waals surface area contributed by atoms with Crippen LogP contribution in [0.5, 0.6) is 5.75 Å². The molecule has 3 aromatic rings. The molecule has 0 amide bonds. The number of anilines is 5. The molecule has 0 fully saturated rings. The summed E-state index contributed by atoms with van der Waals surface area (Å²) >= 11 is 0. The van der Waals surface area contributed by atoms with Gasteiger partial charge in [-0.1, -0.05) is 12.1 Å². The van der Waals surface area contributed by atoms with Crippen LogP contribution in [0.25, 0.3) is 0 Å². The number of hydrogen-bond donors (Lipinski definition) is 4. The maximum absolute atomic E-state index is 9.10. The molecule has 0 radical (unpaired) electrons. The first kappa shape index (κ1) is 19.4. The third-order valence-electron chi connectivity index (χ3n) is 4.15. The molecular formula is C21H25N5O2. The molecule has 1 aromatic heterocycles. The van der Waals surface area contributed by atoms with Crippen LogP contribution in [-0.4, -0.2) is 35.3 Å². The lowest BCUT2D eigenvalue weighted by Gasteiger charge is -2.14. The summed E-state index contributed by atoms with van der Waals surface area (Å²) in [5, 5.41) is 18.8. The highest BCUT2D eigenvalue weighted by Crippen LogP contribution is 2.25. The Morgan fingerprint density at radius 1 is 0.929 bits per heavy atom. The molecule has 3 rings (SSSR count). The molecule has 0 unspecified atom stereocenters. The van der Waals surface area contributed by atoms with Crippen molar-refractivity contribution < 1.29 is 9.84 Å². The van der Waals surface area contributed by atoms with Crippen LogP contribution in [0.1, 0.15) is 11.1 Å². The van der Waals surface area contributed by atoms with Crippen LogP contribution in [0.2, 0.25) is 0 Å². The second kappa shape index (κ2) is 9.05. The van der Waals surface area contributed by atoms with E-state index >= 15 is 0 Å². The maximum Gasteiger partial charge on any atom is 0.231 e. The molecule has 1 heterocycles. The summed E-state index contributed by atoms with van der Waals surface area (Å²) < 4.78 is 5.19. The Morgan fingerprint density at radius 2 is 1.68 bits per heavy atom. The first-order valence-electron chi connectivity index (χ1n) is 9.06. The summed E-state index contributed by atoms with van der Waals surface area (Å²) in [5.41, 5.74) is 4.12. The van der Waals surface area contributed by atoms with Crippen molar-refractivity contribution in [2.24, 2.45) is 0 Å². The fraction of sp³-hybridized carbons (Fsp3) is 0.238. The SMILES string of the molecule is COc1ccc(Nc2nc(NCCO)cc(Nc3cc(C)ccc3C)n2)cc1. The van der Waals surface area contributed by atoms with Crippen molar-refractivity contribution in [3.05, 3.63) is 59.7 Å². The van der Waals surface area contributed by atoms with Crippen molar-refractivity contribution in [2.45, 2.75) is 13.8 Å². The molecule has 0 saturated carbocycles. The molecule has 0 aliphatic carbocycles. The van der Waals surface area contributed by atoms with E-state index in [1.165, 1.54) is 0 Å². The molecule has 0 aliphatic heterocycles. The van der Waals surface area contributed by atoms with Crippen LogP contribution in [0.3, 0.4) is 0 Å². The molecular weight excluding hydrogens is 354 g/mol. The van der Waals surface area contributed by atoms with Gasteiger partial charge in [0.25, 0.3) is 0 Å². The summed E-state index contributed by atoms with van der Waals surface area (Å²) in [6.45, 7) is 4.52. The second-order valence-electron chi connectivity index (χ2n) is 6.41. The molecule has 0 spiro atoms. The standard InChI is InChI=1S/C21H25N5O2/c1-14-4-5-15(2)18(12-14)24-20-13-19(22-10-11-27)25-21(26-20)23-16-6-8-17(28-3)9-7-16/h4-9,12-13,27H,10-11H2,1-3H3,(H3,22,23,24,25,26). The summed E-state index contributed by atoms with van der Waals surface area (Å²) in [4.78, 5) is 9.05. The first-order valence-corrected chi connectivity index (χ1v) is 9.06. The maximum atomic E-state index is 9.10. The van der Waals surface area contributed by atoms with E-state index in [9.17, 15) is 0 Å². The van der Waals surface area contributed by atoms with E-state index in [1.807, 2.05) is 37.3 Å². The van der Waals surface area contributed by atoms with E-state index in [4.69, 9.17) is 9.84 Å². The monoisotopic (exact) mass is 379 g/mol. The van der Waals surface area contributed by atoms with Crippen molar-refractivity contribution in [2.75, 3.05) is 36.2 Å². The number of nitrogens with zero attached hydrogens (tertiary/aromatic N) is 2. The molecule has 0 bridgehead atoms. The smallest absolute Gasteiger partial charge is 0.231 e. The van der Waals surface area contributed by atoms with Crippen LogP contribution < -0.4 is 20.7 Å². The Balaban J connectivity index is 1.88. The van der Waals surface area contributed by atoms with Crippen LogP contribution >= 0.6 is 0 Å². The van der Waals surface area contributed by atoms with Gasteiger partial charge in [0.2, 0.25) is 5.95 Å². The van der Waals surface area contributed by atoms with Crippen molar-refractivity contribution >= 4 is 29.0 Å². The van der Waals surface area contributed by atoms with Crippen molar-refractivity contribution in [3.8, 4) is 5.75 Å². The van der Waals surface area contributed by atoms with Crippen LogP contribution in [-0.2, 0) is 0 Å². The van der Waals surface area contributed by atoms with E-state index in [0.717, 1.165) is 28.3 Å². The third-order valence-corrected chi connectivity index (χ3v) is 4.15. The number of nitrogens with one attached hydrogen (secondary N) is 3. The first-order chi connectivity index (χ1) is 13.6. The highest BCUT2D eigenvalue weighted by atomic mass is 16.5. The van der Waals surface area contributed by atoms with E-state index < -0.39 is 0 Å². The molecule has 0 atom stereocenters. The lowest BCUT2D eigenvalue weighted by Crippen LogP contribution is -2.10. The fourth-order valence-corrected chi connectivity index (χ4v) is 2.65. The van der Waals surface area contributed by atoms with Gasteiger partial charge in [0.1, 0.15) is 17.4 Å². The van der Waals surface area contributed by atoms with Gasteiger partial charge in [-0.3, -0.25) is 0 Å². The predicted octanol–water partition coefficient (Wildman–Crippen LogP) is 3.99. The predicted molar refractivity (Wildman–Crippen MR) is 113 cm³/mol. The number of methoxy groups -OCH3 is 1. The average Bonchev–Trinajstić information content (AvgIpc) is 2.69. The Bertz CT molecular complexity index is 929. The number of aliphatic hydroxyl groups is 1. The summed E-state index contributed by atoms with van der Waals surface area (Å²) in [7, 11) is 1.63. The molecule has 4 N–H and O–H groups in total. The van der Waals surface area contributed by atoms with Crippen LogP contribution in [0.15, 0.2) is 48.5 Å². The number of aliphatic hydroxyl groups excluding tert-OH is 1. The molecule has 7 nitrogen and oxygen atoms in total. The molecule has 0 saturated heterocycles. The quantitative estimate of drug-likeness (QED) is 0.470. The largest absolute Gasteiger partial charge is 0.497 e. The topological polar surface area (TPSA) is 91.3 Å². The lowest BCUT2D eigenvalue weighted by molar-refractivity contribution is 0.311. The molecule has 7 heteroatoms. The number of ether oxygens (including phenoxy) is 1. The molecule has 0 aliphatic rings. The number of rotatable bonds is 8. The van der Waals surface area contributed by atoms with E-state index in [0.29, 0.717) is 24.1 Å².